The Bertz CT molecular complexity index is 958. The first-order valence-corrected chi connectivity index (χ1v) is 10.4. The maximum atomic E-state index is 12.5. The van der Waals surface area contributed by atoms with Gasteiger partial charge in [-0.2, -0.15) is 0 Å². The highest BCUT2D eigenvalue weighted by Crippen LogP contribution is 2.27. The van der Waals surface area contributed by atoms with Gasteiger partial charge in [-0.05, 0) is 55.7 Å². The van der Waals surface area contributed by atoms with Gasteiger partial charge in [0, 0.05) is 17.4 Å². The van der Waals surface area contributed by atoms with E-state index in [1.54, 1.807) is 18.2 Å². The molecule has 0 fully saturated rings. The Hall–Kier alpha value is -2.67. The SMILES string of the molecule is CCCOc1cc(C)ccc1NC(=O)CCCN1C(=O)c2ccc(Br)cc2C1=O. The number of hydrogen-bond acceptors (Lipinski definition) is 4. The van der Waals surface area contributed by atoms with Gasteiger partial charge in [0.25, 0.3) is 11.8 Å². The summed E-state index contributed by atoms with van der Waals surface area (Å²) in [5.74, 6) is -0.173. The number of ether oxygens (including phenoxy) is 1. The van der Waals surface area contributed by atoms with Crippen molar-refractivity contribution in [1.29, 1.82) is 0 Å². The van der Waals surface area contributed by atoms with E-state index in [1.165, 1.54) is 4.90 Å². The first-order valence-electron chi connectivity index (χ1n) is 9.59. The number of fused-ring (bicyclic) bond motifs is 1. The zero-order valence-corrected chi connectivity index (χ0v) is 18.0. The lowest BCUT2D eigenvalue weighted by Crippen LogP contribution is -2.31. The minimum Gasteiger partial charge on any atom is -0.491 e. The van der Waals surface area contributed by atoms with E-state index in [0.717, 1.165) is 16.5 Å². The van der Waals surface area contributed by atoms with E-state index in [0.29, 0.717) is 35.6 Å². The minimum absolute atomic E-state index is 0.186. The number of halogens is 1. The molecule has 0 saturated heterocycles. The number of carbonyl (C=O) groups excluding carboxylic acids is 3. The smallest absolute Gasteiger partial charge is 0.261 e. The average Bonchev–Trinajstić information content (AvgIpc) is 2.92. The number of imide groups is 1. The second kappa shape index (κ2) is 9.22. The number of benzene rings is 2. The fourth-order valence-electron chi connectivity index (χ4n) is 3.14. The molecular weight excluding hydrogens is 436 g/mol. The van der Waals surface area contributed by atoms with E-state index in [-0.39, 0.29) is 30.7 Å². The predicted molar refractivity (Wildman–Crippen MR) is 114 cm³/mol. The largest absolute Gasteiger partial charge is 0.491 e. The number of nitrogens with zero attached hydrogens (tertiary/aromatic N) is 1. The van der Waals surface area contributed by atoms with Gasteiger partial charge in [-0.25, -0.2) is 0 Å². The topological polar surface area (TPSA) is 75.7 Å². The van der Waals surface area contributed by atoms with Crippen LogP contribution in [0.25, 0.3) is 0 Å². The Morgan fingerprint density at radius 1 is 1.10 bits per heavy atom. The molecular formula is C22H23BrN2O4. The quantitative estimate of drug-likeness (QED) is 0.588. The van der Waals surface area contributed by atoms with Crippen LogP contribution < -0.4 is 10.1 Å². The summed E-state index contributed by atoms with van der Waals surface area (Å²) in [6.07, 6.45) is 1.45. The second-order valence-electron chi connectivity index (χ2n) is 6.95. The van der Waals surface area contributed by atoms with Crippen molar-refractivity contribution in [3.63, 3.8) is 0 Å². The summed E-state index contributed by atoms with van der Waals surface area (Å²) in [4.78, 5) is 38.5. The average molecular weight is 459 g/mol. The van der Waals surface area contributed by atoms with Gasteiger partial charge in [0.1, 0.15) is 5.75 Å². The third kappa shape index (κ3) is 4.85. The monoisotopic (exact) mass is 458 g/mol. The lowest BCUT2D eigenvalue weighted by atomic mass is 10.1. The van der Waals surface area contributed by atoms with E-state index >= 15 is 0 Å². The highest BCUT2D eigenvalue weighted by molar-refractivity contribution is 9.10. The van der Waals surface area contributed by atoms with Crippen LogP contribution in [0.3, 0.4) is 0 Å². The van der Waals surface area contributed by atoms with Crippen molar-refractivity contribution < 1.29 is 19.1 Å². The van der Waals surface area contributed by atoms with E-state index in [9.17, 15) is 14.4 Å². The lowest BCUT2D eigenvalue weighted by molar-refractivity contribution is -0.116. The Morgan fingerprint density at radius 3 is 2.62 bits per heavy atom. The number of rotatable bonds is 8. The Morgan fingerprint density at radius 2 is 1.86 bits per heavy atom. The van der Waals surface area contributed by atoms with Gasteiger partial charge in [-0.15, -0.1) is 0 Å². The number of carbonyl (C=O) groups is 3. The van der Waals surface area contributed by atoms with Crippen molar-refractivity contribution in [2.24, 2.45) is 0 Å². The van der Waals surface area contributed by atoms with Gasteiger partial charge >= 0.3 is 0 Å². The molecule has 0 unspecified atom stereocenters. The van der Waals surface area contributed by atoms with E-state index in [1.807, 2.05) is 32.0 Å². The van der Waals surface area contributed by atoms with Gasteiger partial charge in [0.2, 0.25) is 5.91 Å². The summed E-state index contributed by atoms with van der Waals surface area (Å²) in [7, 11) is 0. The zero-order chi connectivity index (χ0) is 21.0. The van der Waals surface area contributed by atoms with Crippen LogP contribution in [0.1, 0.15) is 52.5 Å². The first kappa shape index (κ1) is 21.0. The number of amides is 3. The van der Waals surface area contributed by atoms with Crippen molar-refractivity contribution in [2.45, 2.75) is 33.1 Å². The molecule has 0 radical (unpaired) electrons. The molecule has 2 aromatic rings. The number of hydrogen-bond donors (Lipinski definition) is 1. The van der Waals surface area contributed by atoms with Crippen LogP contribution in [-0.4, -0.2) is 35.8 Å². The summed E-state index contributed by atoms with van der Waals surface area (Å²) in [6, 6.07) is 10.6. The molecule has 1 aliphatic heterocycles. The molecule has 0 aliphatic carbocycles. The predicted octanol–water partition coefficient (Wildman–Crippen LogP) is 4.56. The van der Waals surface area contributed by atoms with Gasteiger partial charge in [0.05, 0.1) is 23.4 Å². The molecule has 3 amide bonds. The standard InChI is InChI=1S/C22H23BrN2O4/c1-3-11-29-19-12-14(2)6-9-18(19)24-20(26)5-4-10-25-21(27)16-8-7-15(23)13-17(16)22(25)28/h6-9,12-13H,3-5,10-11H2,1-2H3,(H,24,26). The van der Waals surface area contributed by atoms with Gasteiger partial charge < -0.3 is 10.1 Å². The molecule has 1 N–H and O–H groups in total. The molecule has 3 rings (SSSR count). The fraction of sp³-hybridized carbons (Fsp3) is 0.318. The maximum absolute atomic E-state index is 12.5. The number of anilines is 1. The summed E-state index contributed by atoms with van der Waals surface area (Å²) >= 11 is 3.32. The highest BCUT2D eigenvalue weighted by atomic mass is 79.9. The zero-order valence-electron chi connectivity index (χ0n) is 16.5. The Kier molecular flexibility index (Phi) is 6.69. The van der Waals surface area contributed by atoms with Crippen molar-refractivity contribution in [3.8, 4) is 5.75 Å². The highest BCUT2D eigenvalue weighted by Gasteiger charge is 2.35. The van der Waals surface area contributed by atoms with Crippen molar-refractivity contribution >= 4 is 39.3 Å². The van der Waals surface area contributed by atoms with Crippen LogP contribution in [-0.2, 0) is 4.79 Å². The summed E-state index contributed by atoms with van der Waals surface area (Å²) in [5.41, 5.74) is 2.47. The van der Waals surface area contributed by atoms with E-state index in [4.69, 9.17) is 4.74 Å². The molecule has 0 aromatic heterocycles. The Labute approximate surface area is 178 Å². The molecule has 1 heterocycles. The maximum Gasteiger partial charge on any atom is 0.261 e. The van der Waals surface area contributed by atoms with Crippen LogP contribution in [0.15, 0.2) is 40.9 Å². The molecule has 152 valence electrons. The molecule has 1 aliphatic rings. The van der Waals surface area contributed by atoms with E-state index < -0.39 is 0 Å². The fourth-order valence-corrected chi connectivity index (χ4v) is 3.50. The molecule has 0 spiro atoms. The number of aryl methyl sites for hydroxylation is 1. The van der Waals surface area contributed by atoms with Crippen LogP contribution in [0.2, 0.25) is 0 Å². The van der Waals surface area contributed by atoms with Crippen LogP contribution in [0.5, 0.6) is 5.75 Å². The van der Waals surface area contributed by atoms with Gasteiger partial charge in [-0.1, -0.05) is 28.9 Å². The molecule has 2 aromatic carbocycles. The summed E-state index contributed by atoms with van der Waals surface area (Å²) < 4.78 is 6.46. The summed E-state index contributed by atoms with van der Waals surface area (Å²) in [6.45, 7) is 4.75. The van der Waals surface area contributed by atoms with E-state index in [2.05, 4.69) is 21.2 Å². The third-order valence-corrected chi connectivity index (χ3v) is 5.08. The Balaban J connectivity index is 1.56. The molecule has 0 saturated carbocycles. The van der Waals surface area contributed by atoms with Gasteiger partial charge in [0.15, 0.2) is 0 Å². The van der Waals surface area contributed by atoms with Crippen LogP contribution >= 0.6 is 15.9 Å². The van der Waals surface area contributed by atoms with Gasteiger partial charge in [-0.3, -0.25) is 19.3 Å². The molecule has 7 heteroatoms. The van der Waals surface area contributed by atoms with Crippen molar-refractivity contribution in [2.75, 3.05) is 18.5 Å². The molecule has 0 bridgehead atoms. The minimum atomic E-state index is -0.319. The van der Waals surface area contributed by atoms with Crippen LogP contribution in [0, 0.1) is 6.92 Å². The van der Waals surface area contributed by atoms with Crippen LogP contribution in [0.4, 0.5) is 5.69 Å². The van der Waals surface area contributed by atoms with Crippen molar-refractivity contribution in [1.82, 2.24) is 4.90 Å². The molecule has 29 heavy (non-hydrogen) atoms. The normalized spacial score (nSPS) is 12.9. The molecule has 6 nitrogen and oxygen atoms in total. The van der Waals surface area contributed by atoms with Crippen molar-refractivity contribution in [3.05, 3.63) is 57.6 Å². The second-order valence-corrected chi connectivity index (χ2v) is 7.87. The first-order chi connectivity index (χ1) is 13.9. The number of nitrogens with one attached hydrogen (secondary N) is 1. The third-order valence-electron chi connectivity index (χ3n) is 4.59. The lowest BCUT2D eigenvalue weighted by Gasteiger charge is -2.15. The molecule has 0 atom stereocenters. The summed E-state index contributed by atoms with van der Waals surface area (Å²) in [5, 5.41) is 2.86.